The number of amides is 1. The van der Waals surface area contributed by atoms with Crippen molar-refractivity contribution < 1.29 is 13.9 Å². The van der Waals surface area contributed by atoms with Crippen LogP contribution in [0.25, 0.3) is 0 Å². The van der Waals surface area contributed by atoms with Crippen LogP contribution in [0.1, 0.15) is 37.9 Å². The zero-order chi connectivity index (χ0) is 15.6. The van der Waals surface area contributed by atoms with E-state index in [1.807, 2.05) is 26.8 Å². The van der Waals surface area contributed by atoms with Crippen LogP contribution in [-0.2, 0) is 4.74 Å². The van der Waals surface area contributed by atoms with Crippen molar-refractivity contribution in [3.05, 3.63) is 35.1 Å². The first-order chi connectivity index (χ1) is 9.78. The fraction of sp³-hybridized carbons (Fsp3) is 0.562. The Labute approximate surface area is 125 Å². The Kier molecular flexibility index (Phi) is 4.52. The predicted octanol–water partition coefficient (Wildman–Crippen LogP) is 3.02. The van der Waals surface area contributed by atoms with Gasteiger partial charge in [0.05, 0.1) is 6.04 Å². The second-order valence-electron chi connectivity index (χ2n) is 6.41. The fourth-order valence-corrected chi connectivity index (χ4v) is 2.39. The van der Waals surface area contributed by atoms with Crippen LogP contribution < -0.4 is 5.32 Å². The van der Waals surface area contributed by atoms with E-state index < -0.39 is 5.60 Å². The molecule has 0 spiro atoms. The van der Waals surface area contributed by atoms with Gasteiger partial charge in [0.1, 0.15) is 11.4 Å². The van der Waals surface area contributed by atoms with E-state index in [0.29, 0.717) is 30.8 Å². The molecule has 1 aliphatic rings. The van der Waals surface area contributed by atoms with Gasteiger partial charge in [-0.3, -0.25) is 0 Å². The lowest BCUT2D eigenvalue weighted by Crippen LogP contribution is -2.49. The minimum absolute atomic E-state index is 0.203. The Morgan fingerprint density at radius 1 is 1.43 bits per heavy atom. The maximum absolute atomic E-state index is 14.2. The van der Waals surface area contributed by atoms with Gasteiger partial charge in [-0.2, -0.15) is 0 Å². The van der Waals surface area contributed by atoms with Crippen LogP contribution in [0, 0.1) is 12.7 Å². The van der Waals surface area contributed by atoms with Gasteiger partial charge in [-0.15, -0.1) is 0 Å². The van der Waals surface area contributed by atoms with Gasteiger partial charge in [0.2, 0.25) is 0 Å². The number of hydrogen-bond acceptors (Lipinski definition) is 3. The molecule has 0 aromatic heterocycles. The molecule has 0 aliphatic carbocycles. The molecule has 1 fully saturated rings. The summed E-state index contributed by atoms with van der Waals surface area (Å²) in [5, 5.41) is 3.26. The number of carbonyl (C=O) groups excluding carboxylic acids is 1. The number of aryl methyl sites for hydroxylation is 1. The lowest BCUT2D eigenvalue weighted by Gasteiger charge is -2.35. The number of halogens is 1. The molecular weight excluding hydrogens is 271 g/mol. The summed E-state index contributed by atoms with van der Waals surface area (Å²) >= 11 is 0. The third-order valence-electron chi connectivity index (χ3n) is 3.42. The lowest BCUT2D eigenvalue weighted by atomic mass is 10.0. The highest BCUT2D eigenvalue weighted by atomic mass is 19.1. The third-order valence-corrected chi connectivity index (χ3v) is 3.42. The maximum atomic E-state index is 14.2. The molecule has 1 atom stereocenters. The van der Waals surface area contributed by atoms with Crippen molar-refractivity contribution in [2.75, 3.05) is 19.6 Å². The van der Waals surface area contributed by atoms with E-state index in [1.165, 1.54) is 0 Å². The van der Waals surface area contributed by atoms with Crippen LogP contribution in [0.2, 0.25) is 0 Å². The van der Waals surface area contributed by atoms with Crippen molar-refractivity contribution in [3.8, 4) is 0 Å². The Morgan fingerprint density at radius 2 is 2.14 bits per heavy atom. The van der Waals surface area contributed by atoms with E-state index in [1.54, 1.807) is 24.0 Å². The molecule has 1 unspecified atom stereocenters. The summed E-state index contributed by atoms with van der Waals surface area (Å²) in [6.07, 6.45) is -0.345. The van der Waals surface area contributed by atoms with Crippen LogP contribution >= 0.6 is 0 Å². The second kappa shape index (κ2) is 6.02. The second-order valence-corrected chi connectivity index (χ2v) is 6.41. The summed E-state index contributed by atoms with van der Waals surface area (Å²) in [7, 11) is 0. The van der Waals surface area contributed by atoms with Crippen LogP contribution in [0.4, 0.5) is 9.18 Å². The number of hydrogen-bond donors (Lipinski definition) is 1. The van der Waals surface area contributed by atoms with E-state index in [9.17, 15) is 9.18 Å². The van der Waals surface area contributed by atoms with E-state index in [0.717, 1.165) is 0 Å². The van der Waals surface area contributed by atoms with E-state index in [-0.39, 0.29) is 18.0 Å². The monoisotopic (exact) mass is 294 g/mol. The standard InChI is InChI=1S/C16H23FN2O2/c1-11-6-5-7-12(14(11)17)13-10-19(9-8-18-13)15(20)21-16(2,3)4/h5-7,13,18H,8-10H2,1-4H3. The molecule has 1 aromatic carbocycles. The SMILES string of the molecule is Cc1cccc(C2CN(C(=O)OC(C)(C)C)CCN2)c1F. The van der Waals surface area contributed by atoms with Crippen LogP contribution in [0.15, 0.2) is 18.2 Å². The molecule has 0 radical (unpaired) electrons. The number of piperazine rings is 1. The van der Waals surface area contributed by atoms with Gasteiger partial charge in [-0.25, -0.2) is 9.18 Å². The smallest absolute Gasteiger partial charge is 0.410 e. The molecule has 1 aliphatic heterocycles. The molecule has 1 saturated heterocycles. The highest BCUT2D eigenvalue weighted by molar-refractivity contribution is 5.68. The first-order valence-electron chi connectivity index (χ1n) is 7.24. The molecule has 1 heterocycles. The molecule has 116 valence electrons. The number of carbonyl (C=O) groups is 1. The van der Waals surface area contributed by atoms with Crippen LogP contribution in [0.3, 0.4) is 0 Å². The van der Waals surface area contributed by atoms with Gasteiger partial charge >= 0.3 is 6.09 Å². The average Bonchev–Trinajstić information content (AvgIpc) is 2.40. The Bertz CT molecular complexity index is 525. The molecule has 1 amide bonds. The van der Waals surface area contributed by atoms with Crippen molar-refractivity contribution in [2.45, 2.75) is 39.3 Å². The Morgan fingerprint density at radius 3 is 2.81 bits per heavy atom. The van der Waals surface area contributed by atoms with Gasteiger partial charge < -0.3 is 15.0 Å². The van der Waals surface area contributed by atoms with Crippen molar-refractivity contribution in [3.63, 3.8) is 0 Å². The highest BCUT2D eigenvalue weighted by Crippen LogP contribution is 2.23. The van der Waals surface area contributed by atoms with Gasteiger partial charge in [0.25, 0.3) is 0 Å². The van der Waals surface area contributed by atoms with Crippen LogP contribution in [-0.4, -0.2) is 36.2 Å². The summed E-state index contributed by atoms with van der Waals surface area (Å²) in [5.74, 6) is -0.207. The van der Waals surface area contributed by atoms with Crippen molar-refractivity contribution in [1.82, 2.24) is 10.2 Å². The van der Waals surface area contributed by atoms with Gasteiger partial charge in [0, 0.05) is 25.2 Å². The number of nitrogens with zero attached hydrogens (tertiary/aromatic N) is 1. The minimum Gasteiger partial charge on any atom is -0.444 e. The largest absolute Gasteiger partial charge is 0.444 e. The number of ether oxygens (including phenoxy) is 1. The summed E-state index contributed by atoms with van der Waals surface area (Å²) in [6.45, 7) is 8.86. The van der Waals surface area contributed by atoms with E-state index in [2.05, 4.69) is 5.32 Å². The van der Waals surface area contributed by atoms with Crippen LogP contribution in [0.5, 0.6) is 0 Å². The number of rotatable bonds is 1. The minimum atomic E-state index is -0.522. The maximum Gasteiger partial charge on any atom is 0.410 e. The molecule has 1 aromatic rings. The zero-order valence-electron chi connectivity index (χ0n) is 13.1. The number of benzene rings is 1. The Balaban J connectivity index is 2.10. The third kappa shape index (κ3) is 3.94. The molecule has 0 saturated carbocycles. The fourth-order valence-electron chi connectivity index (χ4n) is 2.39. The molecule has 21 heavy (non-hydrogen) atoms. The predicted molar refractivity (Wildman–Crippen MR) is 79.7 cm³/mol. The first-order valence-corrected chi connectivity index (χ1v) is 7.24. The van der Waals surface area contributed by atoms with Gasteiger partial charge in [0.15, 0.2) is 0 Å². The van der Waals surface area contributed by atoms with Gasteiger partial charge in [-0.05, 0) is 33.3 Å². The van der Waals surface area contributed by atoms with Gasteiger partial charge in [-0.1, -0.05) is 18.2 Å². The van der Waals surface area contributed by atoms with E-state index in [4.69, 9.17) is 4.74 Å². The highest BCUT2D eigenvalue weighted by Gasteiger charge is 2.29. The first kappa shape index (κ1) is 15.8. The molecule has 0 bridgehead atoms. The molecule has 4 nitrogen and oxygen atoms in total. The van der Waals surface area contributed by atoms with E-state index >= 15 is 0 Å². The van der Waals surface area contributed by atoms with Crippen molar-refractivity contribution in [2.24, 2.45) is 0 Å². The summed E-state index contributed by atoms with van der Waals surface area (Å²) in [6, 6.07) is 5.14. The summed E-state index contributed by atoms with van der Waals surface area (Å²) < 4.78 is 19.6. The van der Waals surface area contributed by atoms with Crippen molar-refractivity contribution >= 4 is 6.09 Å². The molecular formula is C16H23FN2O2. The van der Waals surface area contributed by atoms with Crippen molar-refractivity contribution in [1.29, 1.82) is 0 Å². The topological polar surface area (TPSA) is 41.6 Å². The molecule has 1 N–H and O–H groups in total. The zero-order valence-corrected chi connectivity index (χ0v) is 13.1. The lowest BCUT2D eigenvalue weighted by molar-refractivity contribution is 0.0194. The Hall–Kier alpha value is -1.62. The summed E-state index contributed by atoms with van der Waals surface area (Å²) in [5.41, 5.74) is 0.693. The number of nitrogens with one attached hydrogen (secondary N) is 1. The summed E-state index contributed by atoms with van der Waals surface area (Å²) in [4.78, 5) is 13.8. The normalized spacial score (nSPS) is 19.5. The molecule has 5 heteroatoms. The average molecular weight is 294 g/mol. The molecule has 2 rings (SSSR count). The quantitative estimate of drug-likeness (QED) is 0.865.